The molecule has 0 bridgehead atoms. The summed E-state index contributed by atoms with van der Waals surface area (Å²) in [5.74, 6) is 0. The molecule has 61 heavy (non-hydrogen) atoms. The Morgan fingerprint density at radius 1 is 0.410 bits per heavy atom. The molecule has 2 heteroatoms. The Morgan fingerprint density at radius 3 is 1.93 bits per heavy atom. The maximum Gasteiger partial charge on any atom is 0.0726 e. The van der Waals surface area contributed by atoms with Gasteiger partial charge in [0.05, 0.1) is 27.6 Å². The Kier molecular flexibility index (Phi) is 6.44. The van der Waals surface area contributed by atoms with Crippen LogP contribution in [0.1, 0.15) is 27.7 Å². The van der Waals surface area contributed by atoms with Crippen LogP contribution in [-0.4, -0.2) is 4.57 Å². The van der Waals surface area contributed by atoms with Crippen molar-refractivity contribution < 1.29 is 5.48 Å². The lowest BCUT2D eigenvalue weighted by Gasteiger charge is -2.41. The molecule has 1 heterocycles. The lowest BCUT2D eigenvalue weighted by molar-refractivity contribution is 0.773. The standard InChI is InChI=1S/C59H38N2/c1-3-17-39(18-4-1)44-23-9-13-31-55(44)60(43-34-36-49-48-26-10-14-32-56(48)61(57(49)38-43)41-21-5-2-6-22-41)42-33-35-47-50-27-15-19-40-20-16-30-53(58(40)50)59(54(47)37-42)51-28-11-7-24-45(51)46-25-8-12-29-52(46)59/h1-38H/i7D,11D,24D,28D. The second-order valence-corrected chi connectivity index (χ2v) is 16.1. The molecule has 2 aliphatic rings. The van der Waals surface area contributed by atoms with Gasteiger partial charge in [-0.2, -0.15) is 0 Å². The van der Waals surface area contributed by atoms with E-state index >= 15 is 0 Å². The van der Waals surface area contributed by atoms with Gasteiger partial charge in [0.1, 0.15) is 0 Å². The summed E-state index contributed by atoms with van der Waals surface area (Å²) in [6.07, 6.45) is 0. The number of hydrogen-bond donors (Lipinski definition) is 0. The molecule has 0 radical (unpaired) electrons. The number of para-hydroxylation sites is 3. The fourth-order valence-corrected chi connectivity index (χ4v) is 10.7. The van der Waals surface area contributed by atoms with Crippen LogP contribution in [0.4, 0.5) is 17.1 Å². The second-order valence-electron chi connectivity index (χ2n) is 16.1. The summed E-state index contributed by atoms with van der Waals surface area (Å²) < 4.78 is 39.7. The predicted molar refractivity (Wildman–Crippen MR) is 255 cm³/mol. The van der Waals surface area contributed by atoms with Crippen molar-refractivity contribution in [3.8, 4) is 39.1 Å². The zero-order chi connectivity index (χ0) is 43.6. The van der Waals surface area contributed by atoms with Gasteiger partial charge in [0, 0.05) is 33.4 Å². The fraction of sp³-hybridized carbons (Fsp3) is 0.0169. The summed E-state index contributed by atoms with van der Waals surface area (Å²) in [6.45, 7) is 0. The van der Waals surface area contributed by atoms with Crippen LogP contribution in [0, 0.1) is 0 Å². The first-order chi connectivity index (χ1) is 31.9. The highest BCUT2D eigenvalue weighted by Crippen LogP contribution is 2.62. The molecule has 13 rings (SSSR count). The van der Waals surface area contributed by atoms with E-state index in [-0.39, 0.29) is 24.2 Å². The van der Waals surface area contributed by atoms with Gasteiger partial charge in [-0.1, -0.05) is 182 Å². The van der Waals surface area contributed by atoms with E-state index in [9.17, 15) is 2.74 Å². The number of fused-ring (bicyclic) bond motifs is 12. The fourth-order valence-electron chi connectivity index (χ4n) is 10.7. The summed E-state index contributed by atoms with van der Waals surface area (Å²) in [6, 6.07) is 72.4. The Balaban J connectivity index is 1.16. The molecule has 2 aliphatic carbocycles. The van der Waals surface area contributed by atoms with E-state index in [4.69, 9.17) is 2.74 Å². The second kappa shape index (κ2) is 13.0. The van der Waals surface area contributed by atoms with Gasteiger partial charge in [-0.3, -0.25) is 0 Å². The molecule has 1 spiro atoms. The van der Waals surface area contributed by atoms with E-state index in [1.165, 1.54) is 5.39 Å². The molecule has 0 saturated carbocycles. The zero-order valence-corrected chi connectivity index (χ0v) is 33.0. The number of hydrogen-bond acceptors (Lipinski definition) is 1. The van der Waals surface area contributed by atoms with E-state index in [0.717, 1.165) is 94.4 Å². The third kappa shape index (κ3) is 4.73. The van der Waals surface area contributed by atoms with E-state index in [2.05, 4.69) is 191 Å². The van der Waals surface area contributed by atoms with Crippen molar-refractivity contribution >= 4 is 49.6 Å². The molecule has 1 aromatic heterocycles. The van der Waals surface area contributed by atoms with Crippen molar-refractivity contribution in [2.75, 3.05) is 4.90 Å². The molecular formula is C59H38N2. The van der Waals surface area contributed by atoms with E-state index < -0.39 is 5.41 Å². The highest BCUT2D eigenvalue weighted by molar-refractivity contribution is 6.11. The van der Waals surface area contributed by atoms with Gasteiger partial charge in [-0.15, -0.1) is 0 Å². The third-order valence-corrected chi connectivity index (χ3v) is 13.1. The van der Waals surface area contributed by atoms with Crippen LogP contribution < -0.4 is 4.90 Å². The summed E-state index contributed by atoms with van der Waals surface area (Å²) in [4.78, 5) is 2.37. The van der Waals surface area contributed by atoms with Crippen molar-refractivity contribution in [1.82, 2.24) is 4.57 Å². The molecule has 10 aromatic carbocycles. The van der Waals surface area contributed by atoms with Gasteiger partial charge < -0.3 is 9.47 Å². The minimum atomic E-state index is -1.07. The van der Waals surface area contributed by atoms with Gasteiger partial charge in [-0.25, -0.2) is 0 Å². The van der Waals surface area contributed by atoms with Crippen LogP contribution in [-0.2, 0) is 5.41 Å². The summed E-state index contributed by atoms with van der Waals surface area (Å²) in [5.41, 5.74) is 14.3. The number of aromatic nitrogens is 1. The monoisotopic (exact) mass is 778 g/mol. The first kappa shape index (κ1) is 30.2. The van der Waals surface area contributed by atoms with Crippen LogP contribution >= 0.6 is 0 Å². The SMILES string of the molecule is [2H]c1c([2H])c([2H])c2c(c1[2H])-c1ccccc1C21c2cc(N(c3ccc4c5ccccc5n(-c5ccccc5)c4c3)c3ccccc3-c3ccccc3)ccc2-c2cccc3cccc1c23. The quantitative estimate of drug-likeness (QED) is 0.169. The first-order valence-electron chi connectivity index (χ1n) is 22.9. The maximum absolute atomic E-state index is 9.81. The number of nitrogens with zero attached hydrogens (tertiary/aromatic N) is 2. The van der Waals surface area contributed by atoms with Crippen LogP contribution in [0.2, 0.25) is 0 Å². The average Bonchev–Trinajstić information content (AvgIpc) is 3.86. The highest BCUT2D eigenvalue weighted by Gasteiger charge is 2.50. The summed E-state index contributed by atoms with van der Waals surface area (Å²) >= 11 is 0. The predicted octanol–water partition coefficient (Wildman–Crippen LogP) is 15.4. The molecule has 0 fully saturated rings. The van der Waals surface area contributed by atoms with Crippen molar-refractivity contribution in [3.63, 3.8) is 0 Å². The third-order valence-electron chi connectivity index (χ3n) is 13.1. The van der Waals surface area contributed by atoms with Gasteiger partial charge >= 0.3 is 0 Å². The van der Waals surface area contributed by atoms with E-state index in [1.54, 1.807) is 0 Å². The highest BCUT2D eigenvalue weighted by atomic mass is 15.1. The summed E-state index contributed by atoms with van der Waals surface area (Å²) in [5, 5.41) is 4.52. The van der Waals surface area contributed by atoms with Crippen molar-refractivity contribution in [2.24, 2.45) is 0 Å². The van der Waals surface area contributed by atoms with Crippen LogP contribution in [0.5, 0.6) is 0 Å². The van der Waals surface area contributed by atoms with Gasteiger partial charge in [0.2, 0.25) is 0 Å². The van der Waals surface area contributed by atoms with Crippen molar-refractivity contribution in [3.05, 3.63) is 253 Å². The van der Waals surface area contributed by atoms with Crippen molar-refractivity contribution in [2.45, 2.75) is 5.41 Å². The largest absolute Gasteiger partial charge is 0.310 e. The lowest BCUT2D eigenvalue weighted by Crippen LogP contribution is -2.32. The molecule has 284 valence electrons. The van der Waals surface area contributed by atoms with Crippen LogP contribution in [0.25, 0.3) is 71.6 Å². The van der Waals surface area contributed by atoms with Gasteiger partial charge in [-0.05, 0) is 109 Å². The van der Waals surface area contributed by atoms with Gasteiger partial charge in [0.15, 0.2) is 0 Å². The molecule has 0 amide bonds. The molecule has 11 aromatic rings. The zero-order valence-electron chi connectivity index (χ0n) is 37.0. The van der Waals surface area contributed by atoms with Crippen LogP contribution in [0.15, 0.2) is 230 Å². The average molecular weight is 779 g/mol. The molecule has 1 unspecified atom stereocenters. The minimum Gasteiger partial charge on any atom is -0.310 e. The topological polar surface area (TPSA) is 8.17 Å². The summed E-state index contributed by atoms with van der Waals surface area (Å²) in [7, 11) is 0. The van der Waals surface area contributed by atoms with E-state index in [0.29, 0.717) is 11.1 Å². The smallest absolute Gasteiger partial charge is 0.0726 e. The van der Waals surface area contributed by atoms with Gasteiger partial charge in [0.25, 0.3) is 0 Å². The number of anilines is 3. The Bertz CT molecular complexity index is 3780. The van der Waals surface area contributed by atoms with Crippen LogP contribution in [0.3, 0.4) is 0 Å². The Hall–Kier alpha value is -7.94. The minimum absolute atomic E-state index is 0.0181. The Labute approximate surface area is 360 Å². The Morgan fingerprint density at radius 2 is 1.05 bits per heavy atom. The molecule has 1 atom stereocenters. The molecule has 2 nitrogen and oxygen atoms in total. The molecule has 0 aliphatic heterocycles. The maximum atomic E-state index is 9.81. The van der Waals surface area contributed by atoms with E-state index in [1.807, 2.05) is 24.3 Å². The molecule has 0 saturated heterocycles. The number of benzene rings is 10. The molecular weight excluding hydrogens is 737 g/mol. The first-order valence-corrected chi connectivity index (χ1v) is 20.9. The van der Waals surface area contributed by atoms with Crippen molar-refractivity contribution in [1.29, 1.82) is 0 Å². The lowest BCUT2D eigenvalue weighted by atomic mass is 9.61. The molecule has 0 N–H and O–H groups in total. The normalized spacial score (nSPS) is 15.5. The number of rotatable bonds is 5.